The number of hydrogen-bond acceptors (Lipinski definition) is 2. The number of rotatable bonds is 1. The first-order valence-corrected chi connectivity index (χ1v) is 4.95. The quantitative estimate of drug-likeness (QED) is 0.865. The van der Waals surface area contributed by atoms with Gasteiger partial charge in [-0.2, -0.15) is 0 Å². The van der Waals surface area contributed by atoms with E-state index in [1.807, 2.05) is 0 Å². The Kier molecular flexibility index (Phi) is 4.09. The predicted octanol–water partition coefficient (Wildman–Crippen LogP) is 2.93. The van der Waals surface area contributed by atoms with Gasteiger partial charge in [0.15, 0.2) is 0 Å². The fraction of sp³-hybridized carbons (Fsp3) is 0.222. The lowest BCUT2D eigenvalue weighted by molar-refractivity contribution is 0.176. The van der Waals surface area contributed by atoms with E-state index in [1.54, 1.807) is 0 Å². The van der Waals surface area contributed by atoms with Gasteiger partial charge in [0.05, 0.1) is 6.04 Å². The van der Waals surface area contributed by atoms with Gasteiger partial charge < -0.3 is 10.1 Å². The van der Waals surface area contributed by atoms with Crippen LogP contribution in [0.15, 0.2) is 16.6 Å². The lowest BCUT2D eigenvalue weighted by atomic mass is 10.1. The Bertz CT molecular complexity index is 407. The molecule has 1 N–H and O–H groups in total. The monoisotopic (exact) mass is 313 g/mol. The maximum absolute atomic E-state index is 13.4. The third-order valence-electron chi connectivity index (χ3n) is 2.07. The molecule has 1 aromatic rings. The van der Waals surface area contributed by atoms with E-state index in [2.05, 4.69) is 26.0 Å². The van der Waals surface area contributed by atoms with Crippen molar-refractivity contribution < 1.29 is 18.3 Å². The van der Waals surface area contributed by atoms with Gasteiger partial charge in [-0.1, -0.05) is 15.9 Å². The number of carbonyl (C=O) groups is 1. The summed E-state index contributed by atoms with van der Waals surface area (Å²) in [5.74, 6) is -1.42. The van der Waals surface area contributed by atoms with Crippen molar-refractivity contribution >= 4 is 34.4 Å². The number of nitrogens with one attached hydrogen (secondary N) is 1. The molecule has 1 atom stereocenters. The van der Waals surface area contributed by atoms with Crippen LogP contribution in [0.2, 0.25) is 0 Å². The fourth-order valence-electron chi connectivity index (χ4n) is 1.43. The molecule has 1 amide bonds. The summed E-state index contributed by atoms with van der Waals surface area (Å²) in [6, 6.07) is 1.52. The lowest BCUT2D eigenvalue weighted by Gasteiger charge is -2.10. The molecule has 1 fully saturated rings. The number of amides is 1. The molecule has 0 spiro atoms. The summed E-state index contributed by atoms with van der Waals surface area (Å²) >= 11 is 2.97. The van der Waals surface area contributed by atoms with E-state index in [9.17, 15) is 13.6 Å². The van der Waals surface area contributed by atoms with Gasteiger partial charge in [-0.15, -0.1) is 12.4 Å². The molecule has 1 aliphatic heterocycles. The number of carbonyl (C=O) groups excluding carboxylic acids is 1. The summed E-state index contributed by atoms with van der Waals surface area (Å²) in [5, 5.41) is 2.31. The van der Waals surface area contributed by atoms with E-state index in [4.69, 9.17) is 0 Å². The Morgan fingerprint density at radius 1 is 1.38 bits per heavy atom. The number of ether oxygens (including phenoxy) is 1. The van der Waals surface area contributed by atoms with Gasteiger partial charge in [0, 0.05) is 10.0 Å². The maximum Gasteiger partial charge on any atom is 0.407 e. The average molecular weight is 315 g/mol. The first kappa shape index (κ1) is 13.2. The minimum Gasteiger partial charge on any atom is -0.447 e. The van der Waals surface area contributed by atoms with E-state index in [0.717, 1.165) is 12.1 Å². The Morgan fingerprint density at radius 2 is 1.94 bits per heavy atom. The van der Waals surface area contributed by atoms with Crippen molar-refractivity contribution in [3.8, 4) is 0 Å². The van der Waals surface area contributed by atoms with Crippen molar-refractivity contribution in [2.75, 3.05) is 6.61 Å². The van der Waals surface area contributed by atoms with Crippen LogP contribution in [0.5, 0.6) is 0 Å². The number of cyclic esters (lactones) is 1. The molecule has 3 nitrogen and oxygen atoms in total. The van der Waals surface area contributed by atoms with E-state index in [-0.39, 0.29) is 24.6 Å². The molecular weight excluding hydrogens is 307 g/mol. The van der Waals surface area contributed by atoms with E-state index in [0.29, 0.717) is 4.47 Å². The largest absolute Gasteiger partial charge is 0.447 e. The second-order valence-corrected chi connectivity index (χ2v) is 3.99. The van der Waals surface area contributed by atoms with Crippen LogP contribution in [0.4, 0.5) is 13.6 Å². The summed E-state index contributed by atoms with van der Waals surface area (Å²) in [4.78, 5) is 10.7. The molecule has 88 valence electrons. The van der Waals surface area contributed by atoms with Crippen molar-refractivity contribution in [1.29, 1.82) is 0 Å². The minimum atomic E-state index is -0.759. The Morgan fingerprint density at radius 3 is 2.38 bits per heavy atom. The zero-order valence-corrected chi connectivity index (χ0v) is 10.2. The third-order valence-corrected chi connectivity index (χ3v) is 2.52. The normalized spacial score (nSPS) is 18.7. The predicted molar refractivity (Wildman–Crippen MR) is 58.5 cm³/mol. The molecule has 0 bridgehead atoms. The molecule has 0 saturated carbocycles. The van der Waals surface area contributed by atoms with Gasteiger partial charge in [-0.25, -0.2) is 13.6 Å². The van der Waals surface area contributed by atoms with Crippen LogP contribution in [0.25, 0.3) is 0 Å². The molecule has 0 radical (unpaired) electrons. The van der Waals surface area contributed by atoms with Crippen LogP contribution in [0.3, 0.4) is 0 Å². The van der Waals surface area contributed by atoms with Crippen LogP contribution in [0, 0.1) is 11.6 Å². The average Bonchev–Trinajstić information content (AvgIpc) is 2.49. The van der Waals surface area contributed by atoms with Crippen LogP contribution in [-0.4, -0.2) is 12.7 Å². The summed E-state index contributed by atoms with van der Waals surface area (Å²) in [6.07, 6.45) is -0.665. The SMILES string of the molecule is Cl.O=C1N[C@@H](c2c(F)cc(Br)cc2F)CO1. The van der Waals surface area contributed by atoms with Crippen molar-refractivity contribution in [3.05, 3.63) is 33.8 Å². The van der Waals surface area contributed by atoms with Crippen molar-refractivity contribution in [2.24, 2.45) is 0 Å². The standard InChI is InChI=1S/C9H6BrF2NO2.ClH/c10-4-1-5(11)8(6(12)2-4)7-3-15-9(14)13-7;/h1-2,7H,3H2,(H,13,14);1H/t7-;/m1./s1. The molecule has 1 aromatic carbocycles. The topological polar surface area (TPSA) is 38.3 Å². The number of alkyl carbamates (subject to hydrolysis) is 1. The van der Waals surface area contributed by atoms with E-state index in [1.165, 1.54) is 0 Å². The van der Waals surface area contributed by atoms with Gasteiger partial charge in [-0.05, 0) is 12.1 Å². The molecule has 7 heteroatoms. The highest BCUT2D eigenvalue weighted by Crippen LogP contribution is 2.27. The van der Waals surface area contributed by atoms with Crippen molar-refractivity contribution in [3.63, 3.8) is 0 Å². The van der Waals surface area contributed by atoms with Crippen LogP contribution in [-0.2, 0) is 4.74 Å². The summed E-state index contributed by atoms with van der Waals surface area (Å²) in [7, 11) is 0. The Hall–Kier alpha value is -0.880. The van der Waals surface area contributed by atoms with Crippen molar-refractivity contribution in [1.82, 2.24) is 5.32 Å². The highest BCUT2D eigenvalue weighted by Gasteiger charge is 2.29. The molecule has 1 aliphatic rings. The molecule has 2 rings (SSSR count). The summed E-state index contributed by atoms with van der Waals surface area (Å²) in [5.41, 5.74) is -0.177. The Labute approximate surface area is 105 Å². The Balaban J connectivity index is 0.00000128. The third kappa shape index (κ3) is 2.44. The molecule has 16 heavy (non-hydrogen) atoms. The van der Waals surface area contributed by atoms with Crippen LogP contribution in [0.1, 0.15) is 11.6 Å². The minimum absolute atomic E-state index is 0. The van der Waals surface area contributed by atoms with Gasteiger partial charge >= 0.3 is 6.09 Å². The molecular formula is C9H7BrClF2NO2. The second-order valence-electron chi connectivity index (χ2n) is 3.08. The number of benzene rings is 1. The molecule has 0 unspecified atom stereocenters. The first-order chi connectivity index (χ1) is 7.08. The van der Waals surface area contributed by atoms with E-state index >= 15 is 0 Å². The van der Waals surface area contributed by atoms with E-state index < -0.39 is 23.8 Å². The fourth-order valence-corrected chi connectivity index (χ4v) is 1.83. The van der Waals surface area contributed by atoms with Crippen LogP contribution >= 0.6 is 28.3 Å². The second kappa shape index (κ2) is 4.97. The summed E-state index contributed by atoms with van der Waals surface area (Å²) < 4.78 is 31.7. The smallest absolute Gasteiger partial charge is 0.407 e. The van der Waals surface area contributed by atoms with Crippen molar-refractivity contribution in [2.45, 2.75) is 6.04 Å². The maximum atomic E-state index is 13.4. The molecule has 0 aromatic heterocycles. The molecule has 1 heterocycles. The van der Waals surface area contributed by atoms with Crippen LogP contribution < -0.4 is 5.32 Å². The highest BCUT2D eigenvalue weighted by molar-refractivity contribution is 9.10. The molecule has 0 aliphatic carbocycles. The number of hydrogen-bond donors (Lipinski definition) is 1. The zero-order valence-electron chi connectivity index (χ0n) is 7.80. The highest BCUT2D eigenvalue weighted by atomic mass is 79.9. The zero-order chi connectivity index (χ0) is 11.0. The van der Waals surface area contributed by atoms with Gasteiger partial charge in [0.2, 0.25) is 0 Å². The van der Waals surface area contributed by atoms with Gasteiger partial charge in [0.25, 0.3) is 0 Å². The number of halogens is 4. The summed E-state index contributed by atoms with van der Waals surface area (Å²) in [6.45, 7) is -0.0612. The van der Waals surface area contributed by atoms with Gasteiger partial charge in [-0.3, -0.25) is 0 Å². The molecule has 1 saturated heterocycles. The lowest BCUT2D eigenvalue weighted by Crippen LogP contribution is -2.20. The van der Waals surface area contributed by atoms with Gasteiger partial charge in [0.1, 0.15) is 18.2 Å². The first-order valence-electron chi connectivity index (χ1n) is 4.15.